The summed E-state index contributed by atoms with van der Waals surface area (Å²) in [6.07, 6.45) is -1.02. The van der Waals surface area contributed by atoms with Crippen LogP contribution in [0.15, 0.2) is 133 Å². The van der Waals surface area contributed by atoms with Gasteiger partial charge in [-0.25, -0.2) is 4.79 Å². The van der Waals surface area contributed by atoms with Crippen molar-refractivity contribution in [3.63, 3.8) is 0 Å². The monoisotopic (exact) mass is 643 g/mol. The summed E-state index contributed by atoms with van der Waals surface area (Å²) < 4.78 is 19.1. The number of para-hydroxylation sites is 1. The lowest BCUT2D eigenvalue weighted by atomic mass is 9.90. The third-order valence-electron chi connectivity index (χ3n) is 8.42. The normalized spacial score (nSPS) is 19.1. The number of amides is 2. The Morgan fingerprint density at radius 3 is 2.10 bits per heavy atom. The first-order valence-electron chi connectivity index (χ1n) is 16.2. The van der Waals surface area contributed by atoms with E-state index in [0.29, 0.717) is 23.7 Å². The van der Waals surface area contributed by atoms with E-state index in [-0.39, 0.29) is 30.8 Å². The van der Waals surface area contributed by atoms with E-state index in [9.17, 15) is 9.90 Å². The van der Waals surface area contributed by atoms with E-state index < -0.39 is 6.29 Å². The molecule has 8 heteroatoms. The van der Waals surface area contributed by atoms with Crippen molar-refractivity contribution in [1.82, 2.24) is 4.90 Å². The van der Waals surface area contributed by atoms with E-state index in [1.807, 2.05) is 97.1 Å². The van der Waals surface area contributed by atoms with Gasteiger partial charge in [0.25, 0.3) is 0 Å². The summed E-state index contributed by atoms with van der Waals surface area (Å²) in [7, 11) is 2.10. The summed E-state index contributed by atoms with van der Waals surface area (Å²) in [5.41, 5.74) is 5.16. The number of benzene rings is 5. The average Bonchev–Trinajstić information content (AvgIpc) is 3.11. The van der Waals surface area contributed by atoms with E-state index in [0.717, 1.165) is 29.0 Å². The molecule has 5 aromatic rings. The van der Waals surface area contributed by atoms with Gasteiger partial charge in [-0.3, -0.25) is 4.90 Å². The Kier molecular flexibility index (Phi) is 10.8. The number of carbonyl (C=O) groups is 1. The standard InChI is InChI=1S/C40H41N3O5/c1-28-37(26-43(2)25-29-10-5-3-6-11-29)47-39(48-38(28)31-18-16-30(27-44)17-19-31)32-12-9-13-34(24-32)42-40(45)41-33-20-22-36(23-21-33)46-35-14-7-4-8-15-35/h3-24,28,37-39,44H,25-27H2,1-2H3,(H2,41,42,45). The van der Waals surface area contributed by atoms with Gasteiger partial charge in [0.1, 0.15) is 11.5 Å². The lowest BCUT2D eigenvalue weighted by Gasteiger charge is -2.42. The predicted octanol–water partition coefficient (Wildman–Crippen LogP) is 8.54. The molecule has 0 radical (unpaired) electrons. The minimum Gasteiger partial charge on any atom is -0.457 e. The fourth-order valence-corrected chi connectivity index (χ4v) is 5.88. The Morgan fingerprint density at radius 1 is 0.729 bits per heavy atom. The second-order valence-corrected chi connectivity index (χ2v) is 12.1. The van der Waals surface area contributed by atoms with E-state index in [4.69, 9.17) is 14.2 Å². The summed E-state index contributed by atoms with van der Waals surface area (Å²) in [6.45, 7) is 3.65. The highest BCUT2D eigenvalue weighted by molar-refractivity contribution is 5.99. The van der Waals surface area contributed by atoms with Gasteiger partial charge in [-0.05, 0) is 72.3 Å². The first-order valence-corrected chi connectivity index (χ1v) is 16.2. The van der Waals surface area contributed by atoms with Gasteiger partial charge >= 0.3 is 6.03 Å². The lowest BCUT2D eigenvalue weighted by Crippen LogP contribution is -2.43. The number of aliphatic hydroxyl groups excluding tert-OH is 1. The quantitative estimate of drug-likeness (QED) is 0.134. The Bertz CT molecular complexity index is 1750. The number of anilines is 2. The zero-order valence-corrected chi connectivity index (χ0v) is 27.2. The number of nitrogens with one attached hydrogen (secondary N) is 2. The van der Waals surface area contributed by atoms with Crippen LogP contribution in [0.2, 0.25) is 0 Å². The average molecular weight is 644 g/mol. The fourth-order valence-electron chi connectivity index (χ4n) is 5.88. The molecule has 1 aliphatic rings. The van der Waals surface area contributed by atoms with E-state index in [1.54, 1.807) is 12.1 Å². The molecule has 0 bridgehead atoms. The third-order valence-corrected chi connectivity index (χ3v) is 8.42. The maximum Gasteiger partial charge on any atom is 0.323 e. The molecule has 3 N–H and O–H groups in total. The van der Waals surface area contributed by atoms with Crippen LogP contribution >= 0.6 is 0 Å². The molecule has 1 fully saturated rings. The molecule has 8 nitrogen and oxygen atoms in total. The van der Waals surface area contributed by atoms with Crippen LogP contribution in [0.5, 0.6) is 11.5 Å². The zero-order chi connectivity index (χ0) is 33.3. The van der Waals surface area contributed by atoms with Crippen molar-refractivity contribution in [2.75, 3.05) is 24.2 Å². The molecule has 6 rings (SSSR count). The first kappa shape index (κ1) is 32.9. The summed E-state index contributed by atoms with van der Waals surface area (Å²) in [5, 5.41) is 15.4. The van der Waals surface area contributed by atoms with Gasteiger partial charge in [-0.15, -0.1) is 0 Å². The molecule has 246 valence electrons. The second-order valence-electron chi connectivity index (χ2n) is 12.1. The number of ether oxygens (including phenoxy) is 3. The molecule has 0 spiro atoms. The van der Waals surface area contributed by atoms with E-state index in [2.05, 4.69) is 53.8 Å². The smallest absolute Gasteiger partial charge is 0.323 e. The minimum absolute atomic E-state index is 0.0125. The van der Waals surface area contributed by atoms with E-state index >= 15 is 0 Å². The van der Waals surface area contributed by atoms with Crippen molar-refractivity contribution in [3.05, 3.63) is 156 Å². The lowest BCUT2D eigenvalue weighted by molar-refractivity contribution is -0.276. The Balaban J connectivity index is 1.14. The molecule has 0 saturated carbocycles. The number of urea groups is 1. The summed E-state index contributed by atoms with van der Waals surface area (Å²) in [5.74, 6) is 1.47. The van der Waals surface area contributed by atoms with Crippen molar-refractivity contribution in [3.8, 4) is 11.5 Å². The van der Waals surface area contributed by atoms with Gasteiger partial charge < -0.3 is 30.0 Å². The molecule has 1 saturated heterocycles. The highest BCUT2D eigenvalue weighted by Crippen LogP contribution is 2.42. The fraction of sp³-hybridized carbons (Fsp3) is 0.225. The van der Waals surface area contributed by atoms with Gasteiger partial charge in [0.2, 0.25) is 0 Å². The number of carbonyl (C=O) groups excluding carboxylic acids is 1. The number of hydrogen-bond donors (Lipinski definition) is 3. The molecule has 0 aromatic heterocycles. The van der Waals surface area contributed by atoms with Gasteiger partial charge in [0.15, 0.2) is 6.29 Å². The van der Waals surface area contributed by atoms with Crippen LogP contribution in [-0.2, 0) is 22.6 Å². The maximum atomic E-state index is 13.0. The third kappa shape index (κ3) is 8.67. The summed E-state index contributed by atoms with van der Waals surface area (Å²) in [4.78, 5) is 15.2. The number of hydrogen-bond acceptors (Lipinski definition) is 6. The topological polar surface area (TPSA) is 92.3 Å². The van der Waals surface area contributed by atoms with Gasteiger partial charge in [-0.1, -0.05) is 91.9 Å². The van der Waals surface area contributed by atoms with E-state index in [1.165, 1.54) is 5.56 Å². The summed E-state index contributed by atoms with van der Waals surface area (Å²) >= 11 is 0. The Hall–Kier alpha value is -4.99. The molecule has 48 heavy (non-hydrogen) atoms. The SMILES string of the molecule is CC1C(CN(C)Cc2ccccc2)OC(c2cccc(NC(=O)Nc3ccc(Oc4ccccc4)cc3)c2)OC1c1ccc(CO)cc1. The minimum atomic E-state index is -0.652. The second kappa shape index (κ2) is 15.7. The molecule has 0 aliphatic carbocycles. The molecule has 2 amide bonds. The van der Waals surface area contributed by atoms with Gasteiger partial charge in [-0.2, -0.15) is 0 Å². The van der Waals surface area contributed by atoms with Gasteiger partial charge in [0.05, 0.1) is 18.8 Å². The number of aliphatic hydroxyl groups is 1. The van der Waals surface area contributed by atoms with Crippen LogP contribution in [0.4, 0.5) is 16.2 Å². The van der Waals surface area contributed by atoms with Crippen LogP contribution in [0, 0.1) is 5.92 Å². The molecule has 4 unspecified atom stereocenters. The molecular formula is C40H41N3O5. The number of likely N-dealkylation sites (N-methyl/N-ethyl adjacent to an activating group) is 1. The van der Waals surface area contributed by atoms with Crippen molar-refractivity contribution in [2.24, 2.45) is 5.92 Å². The van der Waals surface area contributed by atoms with Crippen molar-refractivity contribution >= 4 is 17.4 Å². The van der Waals surface area contributed by atoms with Crippen LogP contribution in [0.1, 0.15) is 41.6 Å². The number of rotatable bonds is 11. The Labute approximate surface area is 281 Å². The highest BCUT2D eigenvalue weighted by atomic mass is 16.7. The summed E-state index contributed by atoms with van der Waals surface area (Å²) in [6, 6.07) is 42.2. The molecule has 1 heterocycles. The zero-order valence-electron chi connectivity index (χ0n) is 27.2. The van der Waals surface area contributed by atoms with Crippen LogP contribution in [0.3, 0.4) is 0 Å². The van der Waals surface area contributed by atoms with Crippen molar-refractivity contribution < 1.29 is 24.1 Å². The van der Waals surface area contributed by atoms with Crippen LogP contribution in [-0.4, -0.2) is 35.7 Å². The molecule has 4 atom stereocenters. The highest BCUT2D eigenvalue weighted by Gasteiger charge is 2.39. The van der Waals surface area contributed by atoms with Crippen molar-refractivity contribution in [1.29, 1.82) is 0 Å². The Morgan fingerprint density at radius 2 is 1.40 bits per heavy atom. The first-order chi connectivity index (χ1) is 23.4. The van der Waals surface area contributed by atoms with Gasteiger partial charge in [0, 0.05) is 35.9 Å². The van der Waals surface area contributed by atoms with Crippen LogP contribution in [0.25, 0.3) is 0 Å². The largest absolute Gasteiger partial charge is 0.457 e. The van der Waals surface area contributed by atoms with Crippen molar-refractivity contribution in [2.45, 2.75) is 38.6 Å². The van der Waals surface area contributed by atoms with Crippen LogP contribution < -0.4 is 15.4 Å². The maximum absolute atomic E-state index is 13.0. The predicted molar refractivity (Wildman–Crippen MR) is 188 cm³/mol. The number of nitrogens with zero attached hydrogens (tertiary/aromatic N) is 1. The molecular weight excluding hydrogens is 602 g/mol. The molecule has 1 aliphatic heterocycles. The molecule has 5 aromatic carbocycles.